The normalized spacial score (nSPS) is 21.4. The van der Waals surface area contributed by atoms with Crippen molar-refractivity contribution in [1.82, 2.24) is 15.3 Å². The lowest BCUT2D eigenvalue weighted by molar-refractivity contribution is -0.00939. The number of nitrogens with one attached hydrogen (secondary N) is 1. The molecular formula is C16H27N3O. The molecule has 4 heteroatoms. The third kappa shape index (κ3) is 2.86. The molecule has 0 bridgehead atoms. The summed E-state index contributed by atoms with van der Waals surface area (Å²) in [6.07, 6.45) is 4.24. The van der Waals surface area contributed by atoms with Crippen molar-refractivity contribution in [2.24, 2.45) is 5.92 Å². The minimum atomic E-state index is -0.373. The lowest BCUT2D eigenvalue weighted by Crippen LogP contribution is -2.30. The lowest BCUT2D eigenvalue weighted by Gasteiger charge is -2.29. The summed E-state index contributed by atoms with van der Waals surface area (Å²) >= 11 is 0. The molecule has 0 saturated carbocycles. The molecule has 1 aliphatic rings. The van der Waals surface area contributed by atoms with E-state index in [0.29, 0.717) is 5.92 Å². The molecule has 0 spiro atoms. The second-order valence-corrected chi connectivity index (χ2v) is 6.01. The predicted octanol–water partition coefficient (Wildman–Crippen LogP) is 2.38. The van der Waals surface area contributed by atoms with E-state index in [4.69, 9.17) is 14.7 Å². The van der Waals surface area contributed by atoms with Gasteiger partial charge in [0.25, 0.3) is 0 Å². The van der Waals surface area contributed by atoms with E-state index >= 15 is 0 Å². The van der Waals surface area contributed by atoms with Crippen molar-refractivity contribution in [2.45, 2.75) is 52.1 Å². The zero-order valence-corrected chi connectivity index (χ0v) is 13.4. The number of hydrogen-bond donors (Lipinski definition) is 1. The lowest BCUT2D eigenvalue weighted by atomic mass is 9.85. The summed E-state index contributed by atoms with van der Waals surface area (Å²) in [4.78, 5) is 9.56. The van der Waals surface area contributed by atoms with Crippen LogP contribution >= 0.6 is 0 Å². The number of rotatable bonds is 5. The monoisotopic (exact) mass is 277 g/mol. The van der Waals surface area contributed by atoms with Crippen LogP contribution in [0.25, 0.3) is 0 Å². The molecule has 1 N–H and O–H groups in total. The molecule has 0 radical (unpaired) electrons. The van der Waals surface area contributed by atoms with Crippen molar-refractivity contribution in [3.8, 4) is 0 Å². The number of aromatic nitrogens is 2. The predicted molar refractivity (Wildman–Crippen MR) is 80.9 cm³/mol. The largest absolute Gasteiger partial charge is 0.371 e. The van der Waals surface area contributed by atoms with Crippen molar-refractivity contribution in [2.75, 3.05) is 20.7 Å². The van der Waals surface area contributed by atoms with Crippen LogP contribution in [0.1, 0.15) is 49.5 Å². The number of nitrogens with zero attached hydrogens (tertiary/aromatic N) is 2. The topological polar surface area (TPSA) is 47.0 Å². The Morgan fingerprint density at radius 1 is 1.40 bits per heavy atom. The van der Waals surface area contributed by atoms with Crippen molar-refractivity contribution in [3.05, 3.63) is 22.8 Å². The fourth-order valence-electron chi connectivity index (χ4n) is 2.95. The van der Waals surface area contributed by atoms with Gasteiger partial charge < -0.3 is 10.1 Å². The van der Waals surface area contributed by atoms with E-state index < -0.39 is 0 Å². The van der Waals surface area contributed by atoms with E-state index in [-0.39, 0.29) is 5.60 Å². The number of hydrogen-bond acceptors (Lipinski definition) is 4. The Labute approximate surface area is 122 Å². The molecule has 0 amide bonds. The van der Waals surface area contributed by atoms with Crippen LogP contribution in [0.15, 0.2) is 0 Å². The third-order valence-electron chi connectivity index (χ3n) is 4.67. The van der Waals surface area contributed by atoms with E-state index in [1.807, 2.05) is 7.05 Å². The Bertz CT molecular complexity index is 469. The highest BCUT2D eigenvalue weighted by Gasteiger charge is 2.30. The highest BCUT2D eigenvalue weighted by Crippen LogP contribution is 2.30. The molecular weight excluding hydrogens is 250 g/mol. The van der Waals surface area contributed by atoms with Gasteiger partial charge in [-0.2, -0.15) is 0 Å². The minimum Gasteiger partial charge on any atom is -0.371 e. The quantitative estimate of drug-likeness (QED) is 0.897. The first-order chi connectivity index (χ1) is 9.54. The molecule has 1 aliphatic carbocycles. The van der Waals surface area contributed by atoms with Gasteiger partial charge in [-0.25, -0.2) is 9.97 Å². The summed E-state index contributed by atoms with van der Waals surface area (Å²) in [6, 6.07) is 0. The van der Waals surface area contributed by atoms with Gasteiger partial charge in [0.1, 0.15) is 5.60 Å². The van der Waals surface area contributed by atoms with Crippen LogP contribution in [0.4, 0.5) is 0 Å². The average Bonchev–Trinajstić information content (AvgIpc) is 2.47. The summed E-state index contributed by atoms with van der Waals surface area (Å²) in [5, 5.41) is 3.28. The molecule has 20 heavy (non-hydrogen) atoms. The maximum Gasteiger partial charge on any atom is 0.160 e. The summed E-state index contributed by atoms with van der Waals surface area (Å²) < 4.78 is 5.64. The van der Waals surface area contributed by atoms with Gasteiger partial charge in [0, 0.05) is 18.5 Å². The zero-order valence-electron chi connectivity index (χ0n) is 13.4. The summed E-state index contributed by atoms with van der Waals surface area (Å²) in [7, 11) is 3.76. The van der Waals surface area contributed by atoms with E-state index in [1.54, 1.807) is 7.11 Å². The third-order valence-corrected chi connectivity index (χ3v) is 4.67. The molecule has 4 nitrogen and oxygen atoms in total. The van der Waals surface area contributed by atoms with Crippen LogP contribution in [0.3, 0.4) is 0 Å². The molecule has 2 unspecified atom stereocenters. The van der Waals surface area contributed by atoms with Gasteiger partial charge in [-0.3, -0.25) is 0 Å². The standard InChI is InChI=1S/C16H27N3O/c1-6-16(3,20-5)15-18-11(2)13-9-12(10-17-4)7-8-14(13)19-15/h12,17H,6-10H2,1-5H3. The van der Waals surface area contributed by atoms with Crippen LogP contribution < -0.4 is 5.32 Å². The Hall–Kier alpha value is -1.00. The summed E-state index contributed by atoms with van der Waals surface area (Å²) in [5.74, 6) is 1.55. The van der Waals surface area contributed by atoms with Crippen molar-refractivity contribution < 1.29 is 4.74 Å². The SMILES string of the molecule is CCC(C)(OC)c1nc(C)c2c(n1)CCC(CNC)C2. The van der Waals surface area contributed by atoms with Gasteiger partial charge in [-0.15, -0.1) is 0 Å². The van der Waals surface area contributed by atoms with Crippen LogP contribution in [-0.4, -0.2) is 30.7 Å². The maximum absolute atomic E-state index is 5.64. The Balaban J connectivity index is 2.33. The smallest absolute Gasteiger partial charge is 0.160 e. The van der Waals surface area contributed by atoms with E-state index in [0.717, 1.165) is 37.3 Å². The summed E-state index contributed by atoms with van der Waals surface area (Å²) in [6.45, 7) is 7.37. The van der Waals surface area contributed by atoms with E-state index in [9.17, 15) is 0 Å². The fourth-order valence-corrected chi connectivity index (χ4v) is 2.95. The van der Waals surface area contributed by atoms with Crippen LogP contribution in [-0.2, 0) is 23.2 Å². The first-order valence-electron chi connectivity index (χ1n) is 7.60. The van der Waals surface area contributed by atoms with Crippen molar-refractivity contribution in [3.63, 3.8) is 0 Å². The van der Waals surface area contributed by atoms with Crippen LogP contribution in [0.5, 0.6) is 0 Å². The number of ether oxygens (including phenoxy) is 1. The summed E-state index contributed by atoms with van der Waals surface area (Å²) in [5.41, 5.74) is 3.34. The zero-order chi connectivity index (χ0) is 14.8. The molecule has 1 aromatic heterocycles. The highest BCUT2D eigenvalue weighted by atomic mass is 16.5. The fraction of sp³-hybridized carbons (Fsp3) is 0.750. The van der Waals surface area contributed by atoms with Gasteiger partial charge in [0.05, 0.1) is 0 Å². The molecule has 2 rings (SSSR count). The second-order valence-electron chi connectivity index (χ2n) is 6.01. The molecule has 0 fully saturated rings. The Morgan fingerprint density at radius 3 is 2.75 bits per heavy atom. The second kappa shape index (κ2) is 6.19. The first kappa shape index (κ1) is 15.4. The van der Waals surface area contributed by atoms with E-state index in [2.05, 4.69) is 26.1 Å². The van der Waals surface area contributed by atoms with E-state index in [1.165, 1.54) is 17.7 Å². The average molecular weight is 277 g/mol. The molecule has 0 saturated heterocycles. The minimum absolute atomic E-state index is 0.373. The Kier molecular flexibility index (Phi) is 4.76. The highest BCUT2D eigenvalue weighted by molar-refractivity contribution is 5.29. The number of fused-ring (bicyclic) bond motifs is 1. The number of methoxy groups -OCH3 is 1. The number of aryl methyl sites for hydroxylation is 2. The molecule has 2 atom stereocenters. The first-order valence-corrected chi connectivity index (χ1v) is 7.60. The van der Waals surface area contributed by atoms with Crippen LogP contribution in [0, 0.1) is 12.8 Å². The van der Waals surface area contributed by atoms with Gasteiger partial charge in [-0.1, -0.05) is 6.92 Å². The molecule has 1 aromatic rings. The Morgan fingerprint density at radius 2 is 2.15 bits per heavy atom. The van der Waals surface area contributed by atoms with Gasteiger partial charge in [-0.05, 0) is 64.6 Å². The van der Waals surface area contributed by atoms with Crippen molar-refractivity contribution in [1.29, 1.82) is 0 Å². The molecule has 0 aromatic carbocycles. The molecule has 1 heterocycles. The van der Waals surface area contributed by atoms with Gasteiger partial charge in [0.2, 0.25) is 0 Å². The molecule has 112 valence electrons. The maximum atomic E-state index is 5.64. The van der Waals surface area contributed by atoms with Crippen molar-refractivity contribution >= 4 is 0 Å². The van der Waals surface area contributed by atoms with Crippen LogP contribution in [0.2, 0.25) is 0 Å². The van der Waals surface area contributed by atoms with Gasteiger partial charge in [0.15, 0.2) is 5.82 Å². The molecule has 0 aliphatic heterocycles. The van der Waals surface area contributed by atoms with Gasteiger partial charge >= 0.3 is 0 Å².